The number of nitrogens with zero attached hydrogens (tertiary/aromatic N) is 5. The molecule has 0 unspecified atom stereocenters. The van der Waals surface area contributed by atoms with E-state index in [-0.39, 0.29) is 41.1 Å². The van der Waals surface area contributed by atoms with Crippen LogP contribution in [-0.2, 0) is 13.1 Å². The number of carbonyl (C=O) groups excluding carboxylic acids is 2. The number of likely N-dealkylation sites (tertiary alicyclic amines) is 1. The number of carbonyl (C=O) groups is 2. The quantitative estimate of drug-likeness (QED) is 0.144. The summed E-state index contributed by atoms with van der Waals surface area (Å²) in [4.78, 5) is 30.2. The Kier molecular flexibility index (Phi) is 10.2. The van der Waals surface area contributed by atoms with E-state index >= 15 is 0 Å². The van der Waals surface area contributed by atoms with Crippen molar-refractivity contribution in [3.05, 3.63) is 149 Å². The van der Waals surface area contributed by atoms with Crippen LogP contribution in [0.25, 0.3) is 11.3 Å². The average molecular weight is 721 g/mol. The Morgan fingerprint density at radius 2 is 1.66 bits per heavy atom. The Hall–Kier alpha value is -6.37. The summed E-state index contributed by atoms with van der Waals surface area (Å²) < 4.78 is 54.6. The predicted molar refractivity (Wildman–Crippen MR) is 191 cm³/mol. The van der Waals surface area contributed by atoms with Gasteiger partial charge in [0.2, 0.25) is 0 Å². The van der Waals surface area contributed by atoms with E-state index in [1.807, 2.05) is 47.3 Å². The molecule has 1 saturated heterocycles. The zero-order valence-electron chi connectivity index (χ0n) is 28.7. The predicted octanol–water partition coefficient (Wildman–Crippen LogP) is 8.11. The third-order valence-corrected chi connectivity index (χ3v) is 9.04. The lowest BCUT2D eigenvalue weighted by Gasteiger charge is -2.32. The van der Waals surface area contributed by atoms with E-state index in [0.717, 1.165) is 40.9 Å². The molecule has 1 aliphatic rings. The first-order chi connectivity index (χ1) is 25.7. The maximum atomic E-state index is 14.2. The number of piperidine rings is 1. The number of furan rings is 1. The molecule has 7 rings (SSSR count). The highest BCUT2D eigenvalue weighted by Gasteiger charge is 2.26. The molecule has 4 aromatic carbocycles. The molecular formula is C40H35F3N6O4. The lowest BCUT2D eigenvalue weighted by molar-refractivity contribution is 0.0689. The number of hydrogen-bond donors (Lipinski definition) is 1. The third kappa shape index (κ3) is 8.41. The molecule has 3 heterocycles. The smallest absolute Gasteiger partial charge is 0.253 e. The van der Waals surface area contributed by atoms with Gasteiger partial charge in [-0.2, -0.15) is 0 Å². The summed E-state index contributed by atoms with van der Waals surface area (Å²) in [7, 11) is 1.53. The van der Waals surface area contributed by atoms with Crippen molar-refractivity contribution in [2.75, 3.05) is 25.5 Å². The van der Waals surface area contributed by atoms with Gasteiger partial charge in [0.05, 0.1) is 25.0 Å². The fourth-order valence-electron chi connectivity index (χ4n) is 6.31. The first kappa shape index (κ1) is 35.1. The summed E-state index contributed by atoms with van der Waals surface area (Å²) >= 11 is 0. The van der Waals surface area contributed by atoms with Crippen LogP contribution in [0.2, 0.25) is 0 Å². The fraction of sp³-hybridized carbons (Fsp3) is 0.200. The molecule has 2 amide bonds. The van der Waals surface area contributed by atoms with Gasteiger partial charge in [0.1, 0.15) is 40.4 Å². The van der Waals surface area contributed by atoms with Crippen LogP contribution in [0.4, 0.5) is 18.9 Å². The largest absolute Gasteiger partial charge is 0.467 e. The maximum absolute atomic E-state index is 14.2. The van der Waals surface area contributed by atoms with Gasteiger partial charge in [0.15, 0.2) is 0 Å². The van der Waals surface area contributed by atoms with Crippen LogP contribution >= 0.6 is 0 Å². The highest BCUT2D eigenvalue weighted by atomic mass is 19.1. The van der Waals surface area contributed by atoms with Crippen molar-refractivity contribution in [2.45, 2.75) is 32.0 Å². The van der Waals surface area contributed by atoms with Gasteiger partial charge in [-0.15, -0.1) is 5.10 Å². The summed E-state index contributed by atoms with van der Waals surface area (Å²) in [6.45, 7) is 1.49. The van der Waals surface area contributed by atoms with E-state index in [1.54, 1.807) is 35.4 Å². The van der Waals surface area contributed by atoms with Crippen molar-refractivity contribution >= 4 is 17.5 Å². The van der Waals surface area contributed by atoms with E-state index in [9.17, 15) is 22.8 Å². The zero-order chi connectivity index (χ0) is 36.9. The molecular weight excluding hydrogens is 685 g/mol. The van der Waals surface area contributed by atoms with E-state index in [4.69, 9.17) is 9.15 Å². The number of ether oxygens (including phenoxy) is 1. The average Bonchev–Trinajstić information content (AvgIpc) is 3.88. The number of anilines is 1. The molecule has 1 fully saturated rings. The first-order valence-electron chi connectivity index (χ1n) is 17.0. The Labute approximate surface area is 303 Å². The topological polar surface area (TPSA) is 106 Å². The van der Waals surface area contributed by atoms with Crippen molar-refractivity contribution in [1.29, 1.82) is 0 Å². The van der Waals surface area contributed by atoms with Gasteiger partial charge >= 0.3 is 0 Å². The van der Waals surface area contributed by atoms with Crippen LogP contribution in [-0.4, -0.2) is 56.7 Å². The summed E-state index contributed by atoms with van der Waals surface area (Å²) in [5, 5.41) is 12.2. The minimum atomic E-state index is -0.826. The Morgan fingerprint density at radius 3 is 2.43 bits per heavy atom. The number of benzene rings is 4. The van der Waals surface area contributed by atoms with Gasteiger partial charge in [-0.1, -0.05) is 23.4 Å². The number of aromatic nitrogens is 3. The second kappa shape index (κ2) is 15.5. The Bertz CT molecular complexity index is 2210. The molecule has 6 aromatic rings. The standard InChI is InChI=1S/C40H35F3N6O4/c1-47(24-29-18-30(41)10-11-38(29)53-36-21-31(42)20-32(43)22-36)39(50)27-6-2-7-28(17-27)40(51)48-14-12-34(13-15-48)49-25-37(45-46-49)26-5-3-8-33(19-26)44-23-35-9-4-16-52-35/h2-11,16-22,25,34,44H,12-15,23-24H2,1H3. The van der Waals surface area contributed by atoms with E-state index in [2.05, 4.69) is 15.6 Å². The van der Waals surface area contributed by atoms with Crippen molar-refractivity contribution in [3.63, 3.8) is 0 Å². The molecule has 0 aliphatic carbocycles. The highest BCUT2D eigenvalue weighted by molar-refractivity contribution is 5.99. The number of nitrogens with one attached hydrogen (secondary N) is 1. The zero-order valence-corrected chi connectivity index (χ0v) is 28.7. The molecule has 53 heavy (non-hydrogen) atoms. The van der Waals surface area contributed by atoms with Crippen molar-refractivity contribution in [2.24, 2.45) is 0 Å². The highest BCUT2D eigenvalue weighted by Crippen LogP contribution is 2.30. The van der Waals surface area contributed by atoms with E-state index in [0.29, 0.717) is 44.1 Å². The molecule has 2 aromatic heterocycles. The fourth-order valence-corrected chi connectivity index (χ4v) is 6.31. The number of halogens is 3. The molecule has 0 spiro atoms. The van der Waals surface area contributed by atoms with Crippen molar-refractivity contribution in [3.8, 4) is 22.8 Å². The molecule has 13 heteroatoms. The lowest BCUT2D eigenvalue weighted by atomic mass is 10.0. The van der Waals surface area contributed by atoms with Crippen molar-refractivity contribution in [1.82, 2.24) is 24.8 Å². The maximum Gasteiger partial charge on any atom is 0.253 e. The number of hydrogen-bond acceptors (Lipinski definition) is 7. The number of amides is 2. The monoisotopic (exact) mass is 720 g/mol. The molecule has 0 atom stereocenters. The first-order valence-corrected chi connectivity index (χ1v) is 17.0. The van der Waals surface area contributed by atoms with Crippen LogP contribution in [0.3, 0.4) is 0 Å². The second-order valence-corrected chi connectivity index (χ2v) is 12.8. The lowest BCUT2D eigenvalue weighted by Crippen LogP contribution is -2.39. The summed E-state index contributed by atoms with van der Waals surface area (Å²) in [5.41, 5.74) is 3.54. The van der Waals surface area contributed by atoms with Gasteiger partial charge in [0.25, 0.3) is 11.8 Å². The van der Waals surface area contributed by atoms with Gasteiger partial charge in [-0.3, -0.25) is 9.59 Å². The minimum absolute atomic E-state index is 0.0683. The van der Waals surface area contributed by atoms with Gasteiger partial charge in [0, 0.05) is 72.8 Å². The summed E-state index contributed by atoms with van der Waals surface area (Å²) in [6, 6.07) is 24.6. The second-order valence-electron chi connectivity index (χ2n) is 12.8. The molecule has 10 nitrogen and oxygen atoms in total. The van der Waals surface area contributed by atoms with Gasteiger partial charge in [-0.25, -0.2) is 17.9 Å². The minimum Gasteiger partial charge on any atom is -0.467 e. The van der Waals surface area contributed by atoms with Crippen LogP contribution in [0, 0.1) is 17.5 Å². The van der Waals surface area contributed by atoms with E-state index in [1.165, 1.54) is 24.1 Å². The molecule has 0 radical (unpaired) electrons. The van der Waals surface area contributed by atoms with Gasteiger partial charge in [-0.05, 0) is 73.5 Å². The van der Waals surface area contributed by atoms with Crippen LogP contribution in [0.15, 0.2) is 114 Å². The summed E-state index contributed by atoms with van der Waals surface area (Å²) in [5.74, 6) is -1.96. The molecule has 0 saturated carbocycles. The van der Waals surface area contributed by atoms with Crippen LogP contribution in [0.5, 0.6) is 11.5 Å². The van der Waals surface area contributed by atoms with Crippen LogP contribution < -0.4 is 10.1 Å². The summed E-state index contributed by atoms with van der Waals surface area (Å²) in [6.07, 6.45) is 4.94. The van der Waals surface area contributed by atoms with Crippen molar-refractivity contribution < 1.29 is 31.9 Å². The SMILES string of the molecule is CN(Cc1cc(F)ccc1Oc1cc(F)cc(F)c1)C(=O)c1cccc(C(=O)N2CCC(n3cc(-c4cccc(NCc5ccco5)c4)nn3)CC2)c1. The van der Waals surface area contributed by atoms with E-state index < -0.39 is 23.4 Å². The molecule has 270 valence electrons. The third-order valence-electron chi connectivity index (χ3n) is 9.04. The number of rotatable bonds is 11. The molecule has 1 N–H and O–H groups in total. The van der Waals surface area contributed by atoms with Gasteiger partial charge < -0.3 is 24.3 Å². The Morgan fingerprint density at radius 1 is 0.887 bits per heavy atom. The molecule has 1 aliphatic heterocycles. The van der Waals surface area contributed by atoms with Crippen LogP contribution in [0.1, 0.15) is 50.9 Å². The normalized spacial score (nSPS) is 13.2. The Balaban J connectivity index is 0.957. The molecule has 0 bridgehead atoms.